The molecule has 1 aliphatic heterocycles. The summed E-state index contributed by atoms with van der Waals surface area (Å²) in [5.74, 6) is 0.849. The molecule has 1 fully saturated rings. The van der Waals surface area contributed by atoms with E-state index >= 15 is 0 Å². The molecule has 2 amide bonds. The van der Waals surface area contributed by atoms with Crippen molar-refractivity contribution in [2.45, 2.75) is 39.7 Å². The average molecular weight is 462 g/mol. The van der Waals surface area contributed by atoms with Gasteiger partial charge in [-0.15, -0.1) is 0 Å². The smallest absolute Gasteiger partial charge is 0.253 e. The van der Waals surface area contributed by atoms with Crippen LogP contribution in [0, 0.1) is 12.8 Å². The minimum absolute atomic E-state index is 0.0464. The number of carbonyl (C=O) groups is 2. The molecule has 2 N–H and O–H groups in total. The molecule has 2 heterocycles. The van der Waals surface area contributed by atoms with E-state index in [9.17, 15) is 9.59 Å². The summed E-state index contributed by atoms with van der Waals surface area (Å²) in [5.41, 5.74) is 3.13. The third-order valence-corrected chi connectivity index (χ3v) is 6.03. The molecular weight excluding hydrogens is 430 g/mol. The number of rotatable bonds is 8. The average Bonchev–Trinajstić information content (AvgIpc) is 3.32. The summed E-state index contributed by atoms with van der Waals surface area (Å²) in [6, 6.07) is 15.1. The van der Waals surface area contributed by atoms with Crippen LogP contribution in [0.5, 0.6) is 0 Å². The minimum Gasteiger partial charge on any atom is -0.352 e. The molecule has 0 radical (unpaired) electrons. The van der Waals surface area contributed by atoms with Gasteiger partial charge in [0.1, 0.15) is 0 Å². The molecule has 0 unspecified atom stereocenters. The summed E-state index contributed by atoms with van der Waals surface area (Å²) in [4.78, 5) is 32.1. The Kier molecular flexibility index (Phi) is 7.69. The molecule has 1 saturated heterocycles. The van der Waals surface area contributed by atoms with Crippen molar-refractivity contribution in [1.82, 2.24) is 20.4 Å². The van der Waals surface area contributed by atoms with E-state index in [1.807, 2.05) is 44.2 Å². The zero-order valence-corrected chi connectivity index (χ0v) is 19.7. The summed E-state index contributed by atoms with van der Waals surface area (Å²) in [7, 11) is 0. The fourth-order valence-electron chi connectivity index (χ4n) is 4.12. The largest absolute Gasteiger partial charge is 0.352 e. The van der Waals surface area contributed by atoms with Crippen molar-refractivity contribution in [3.63, 3.8) is 0 Å². The number of hydrogen-bond donors (Lipinski definition) is 2. The van der Waals surface area contributed by atoms with Gasteiger partial charge in [0.2, 0.25) is 17.6 Å². The lowest BCUT2D eigenvalue weighted by Gasteiger charge is -2.30. The van der Waals surface area contributed by atoms with Gasteiger partial charge in [0.05, 0.1) is 17.8 Å². The lowest BCUT2D eigenvalue weighted by molar-refractivity contribution is -0.121. The van der Waals surface area contributed by atoms with Crippen LogP contribution in [0.4, 0.5) is 5.69 Å². The standard InChI is InChI=1S/C26H31N5O3/c1-3-13-27-26(33)21-9-4-5-10-22(21)28-25(32)19-11-14-31(15-12-19)17-23-29-24(30-34-23)20-8-6-7-18(2)16-20/h4-10,16,19H,3,11-15,17H2,1-2H3,(H,27,33)(H,28,32). The number of piperidine rings is 1. The molecule has 0 atom stereocenters. The number of anilines is 1. The first kappa shape index (κ1) is 23.6. The Balaban J connectivity index is 1.30. The minimum atomic E-state index is -0.169. The van der Waals surface area contributed by atoms with E-state index in [1.165, 1.54) is 0 Å². The topological polar surface area (TPSA) is 100 Å². The van der Waals surface area contributed by atoms with E-state index < -0.39 is 0 Å². The van der Waals surface area contributed by atoms with E-state index in [4.69, 9.17) is 4.52 Å². The highest BCUT2D eigenvalue weighted by Gasteiger charge is 2.27. The number of carbonyl (C=O) groups excluding carboxylic acids is 2. The molecule has 0 spiro atoms. The second kappa shape index (κ2) is 11.1. The summed E-state index contributed by atoms with van der Waals surface area (Å²) in [6.45, 7) is 6.73. The van der Waals surface area contributed by atoms with Gasteiger partial charge >= 0.3 is 0 Å². The van der Waals surface area contributed by atoms with Crippen LogP contribution >= 0.6 is 0 Å². The maximum absolute atomic E-state index is 12.9. The highest BCUT2D eigenvalue weighted by atomic mass is 16.5. The van der Waals surface area contributed by atoms with Gasteiger partial charge in [0.15, 0.2) is 0 Å². The fourth-order valence-corrected chi connectivity index (χ4v) is 4.12. The SMILES string of the molecule is CCCNC(=O)c1ccccc1NC(=O)C1CCN(Cc2nc(-c3cccc(C)c3)no2)CC1. The zero-order chi connectivity index (χ0) is 23.9. The Morgan fingerprint density at radius 1 is 1.12 bits per heavy atom. The lowest BCUT2D eigenvalue weighted by atomic mass is 9.95. The van der Waals surface area contributed by atoms with Gasteiger partial charge in [-0.05, 0) is 57.5 Å². The van der Waals surface area contributed by atoms with Crippen molar-refractivity contribution in [2.75, 3.05) is 25.0 Å². The van der Waals surface area contributed by atoms with Crippen LogP contribution in [0.15, 0.2) is 53.1 Å². The number of aryl methyl sites for hydroxylation is 1. The molecule has 178 valence electrons. The first-order chi connectivity index (χ1) is 16.5. The van der Waals surface area contributed by atoms with E-state index in [-0.39, 0.29) is 17.7 Å². The predicted molar refractivity (Wildman–Crippen MR) is 130 cm³/mol. The molecule has 1 aromatic heterocycles. The van der Waals surface area contributed by atoms with Crippen molar-refractivity contribution in [1.29, 1.82) is 0 Å². The fraction of sp³-hybridized carbons (Fsp3) is 0.385. The molecule has 34 heavy (non-hydrogen) atoms. The third-order valence-electron chi connectivity index (χ3n) is 6.03. The Bertz CT molecular complexity index is 1130. The lowest BCUT2D eigenvalue weighted by Crippen LogP contribution is -2.38. The molecule has 4 rings (SSSR count). The first-order valence-electron chi connectivity index (χ1n) is 11.8. The van der Waals surface area contributed by atoms with Crippen LogP contribution in [0.3, 0.4) is 0 Å². The number of para-hydroxylation sites is 1. The molecule has 8 nitrogen and oxygen atoms in total. The quantitative estimate of drug-likeness (QED) is 0.525. The van der Waals surface area contributed by atoms with Crippen molar-refractivity contribution in [3.8, 4) is 11.4 Å². The van der Waals surface area contributed by atoms with Crippen LogP contribution in [-0.2, 0) is 11.3 Å². The van der Waals surface area contributed by atoms with Gasteiger partial charge < -0.3 is 15.2 Å². The predicted octanol–water partition coefficient (Wildman–Crippen LogP) is 4.04. The van der Waals surface area contributed by atoms with Crippen LogP contribution in [0.2, 0.25) is 0 Å². The van der Waals surface area contributed by atoms with Gasteiger partial charge in [-0.3, -0.25) is 14.5 Å². The van der Waals surface area contributed by atoms with E-state index in [2.05, 4.69) is 25.7 Å². The van der Waals surface area contributed by atoms with Gasteiger partial charge in [0.25, 0.3) is 5.91 Å². The summed E-state index contributed by atoms with van der Waals surface area (Å²) in [6.07, 6.45) is 2.32. The van der Waals surface area contributed by atoms with Crippen molar-refractivity contribution in [2.24, 2.45) is 5.92 Å². The summed E-state index contributed by atoms with van der Waals surface area (Å²) < 4.78 is 5.46. The van der Waals surface area contributed by atoms with E-state index in [1.54, 1.807) is 18.2 Å². The summed E-state index contributed by atoms with van der Waals surface area (Å²) in [5, 5.41) is 9.95. The molecular formula is C26H31N5O3. The number of nitrogens with zero attached hydrogens (tertiary/aromatic N) is 3. The Labute approximate surface area is 199 Å². The highest BCUT2D eigenvalue weighted by molar-refractivity contribution is 6.04. The maximum Gasteiger partial charge on any atom is 0.253 e. The molecule has 0 saturated carbocycles. The molecule has 0 aliphatic carbocycles. The van der Waals surface area contributed by atoms with Crippen molar-refractivity contribution >= 4 is 17.5 Å². The number of benzene rings is 2. The second-order valence-electron chi connectivity index (χ2n) is 8.72. The summed E-state index contributed by atoms with van der Waals surface area (Å²) >= 11 is 0. The zero-order valence-electron chi connectivity index (χ0n) is 19.7. The normalized spacial score (nSPS) is 14.6. The number of hydrogen-bond acceptors (Lipinski definition) is 6. The molecule has 3 aromatic rings. The second-order valence-corrected chi connectivity index (χ2v) is 8.72. The van der Waals surface area contributed by atoms with Gasteiger partial charge in [-0.1, -0.05) is 48.0 Å². The Morgan fingerprint density at radius 3 is 2.68 bits per heavy atom. The number of nitrogens with one attached hydrogen (secondary N) is 2. The Hall–Kier alpha value is -3.52. The molecule has 1 aliphatic rings. The van der Waals surface area contributed by atoms with Crippen LogP contribution < -0.4 is 10.6 Å². The van der Waals surface area contributed by atoms with Crippen molar-refractivity contribution in [3.05, 3.63) is 65.5 Å². The monoisotopic (exact) mass is 461 g/mol. The van der Waals surface area contributed by atoms with Crippen LogP contribution in [0.1, 0.15) is 48.0 Å². The van der Waals surface area contributed by atoms with Crippen LogP contribution in [-0.4, -0.2) is 46.5 Å². The van der Waals surface area contributed by atoms with Gasteiger partial charge in [0, 0.05) is 18.0 Å². The van der Waals surface area contributed by atoms with E-state index in [0.717, 1.165) is 43.5 Å². The van der Waals surface area contributed by atoms with Gasteiger partial charge in [-0.2, -0.15) is 4.98 Å². The first-order valence-corrected chi connectivity index (χ1v) is 11.8. The Morgan fingerprint density at radius 2 is 1.91 bits per heavy atom. The third kappa shape index (κ3) is 5.88. The molecule has 8 heteroatoms. The molecule has 0 bridgehead atoms. The number of amides is 2. The van der Waals surface area contributed by atoms with E-state index in [0.29, 0.717) is 36.1 Å². The van der Waals surface area contributed by atoms with Crippen molar-refractivity contribution < 1.29 is 14.1 Å². The number of aromatic nitrogens is 2. The highest BCUT2D eigenvalue weighted by Crippen LogP contribution is 2.23. The van der Waals surface area contributed by atoms with Crippen LogP contribution in [0.25, 0.3) is 11.4 Å². The number of likely N-dealkylation sites (tertiary alicyclic amines) is 1. The maximum atomic E-state index is 12.9. The van der Waals surface area contributed by atoms with Gasteiger partial charge in [-0.25, -0.2) is 0 Å². The molecule has 2 aromatic carbocycles.